The highest BCUT2D eigenvalue weighted by atomic mass is 79.9. The van der Waals surface area contributed by atoms with Gasteiger partial charge in [-0.05, 0) is 55.0 Å². The minimum atomic E-state index is -0.598. The molecule has 5 rings (SSSR count). The van der Waals surface area contributed by atoms with Gasteiger partial charge in [-0.1, -0.05) is 34.5 Å². The van der Waals surface area contributed by atoms with E-state index in [0.717, 1.165) is 51.6 Å². The molecule has 1 aliphatic carbocycles. The number of benzene rings is 1. The molecular weight excluding hydrogens is 520 g/mol. The van der Waals surface area contributed by atoms with Crippen molar-refractivity contribution in [1.29, 1.82) is 0 Å². The number of aromatic nitrogens is 1. The molecule has 1 aliphatic rings. The predicted molar refractivity (Wildman–Crippen MR) is 139 cm³/mol. The van der Waals surface area contributed by atoms with Gasteiger partial charge in [0.05, 0.1) is 11.3 Å². The quantitative estimate of drug-likeness (QED) is 0.276. The van der Waals surface area contributed by atoms with E-state index < -0.39 is 5.91 Å². The van der Waals surface area contributed by atoms with Crippen molar-refractivity contribution in [3.05, 3.63) is 61.9 Å². The third kappa shape index (κ3) is 4.16. The minimum Gasteiger partial charge on any atom is -0.397 e. The summed E-state index contributed by atoms with van der Waals surface area (Å²) in [5, 5.41) is 5.92. The fraction of sp³-hybridized carbons (Fsp3) is 0.208. The summed E-state index contributed by atoms with van der Waals surface area (Å²) >= 11 is 5.96. The highest BCUT2D eigenvalue weighted by Gasteiger charge is 2.24. The van der Waals surface area contributed by atoms with Crippen molar-refractivity contribution in [2.24, 2.45) is 5.73 Å². The van der Waals surface area contributed by atoms with E-state index in [9.17, 15) is 9.59 Å². The second kappa shape index (κ2) is 8.89. The van der Waals surface area contributed by atoms with Crippen molar-refractivity contribution in [2.45, 2.75) is 32.1 Å². The van der Waals surface area contributed by atoms with Crippen LogP contribution in [0.25, 0.3) is 21.3 Å². The van der Waals surface area contributed by atoms with E-state index in [-0.39, 0.29) is 5.91 Å². The topological polar surface area (TPSA) is 111 Å². The Balaban J connectivity index is 1.49. The number of nitrogens with one attached hydrogen (secondary N) is 1. The molecule has 1 aromatic carbocycles. The van der Waals surface area contributed by atoms with Gasteiger partial charge in [0.15, 0.2) is 0 Å². The lowest BCUT2D eigenvalue weighted by molar-refractivity contribution is 0.100. The first-order chi connectivity index (χ1) is 15.9. The number of nitrogen functional groups attached to an aromatic ring is 1. The van der Waals surface area contributed by atoms with Crippen molar-refractivity contribution >= 4 is 71.3 Å². The van der Waals surface area contributed by atoms with Crippen LogP contribution in [0.1, 0.15) is 50.5 Å². The lowest BCUT2D eigenvalue weighted by Gasteiger charge is -2.07. The monoisotopic (exact) mass is 540 g/mol. The summed E-state index contributed by atoms with van der Waals surface area (Å²) in [6.07, 6.45) is 5.44. The van der Waals surface area contributed by atoms with Crippen LogP contribution in [-0.4, -0.2) is 16.8 Å². The van der Waals surface area contributed by atoms with Crippen LogP contribution in [0.4, 0.5) is 10.7 Å². The average molecular weight is 541 g/mol. The zero-order valence-electron chi connectivity index (χ0n) is 17.6. The fourth-order valence-electron chi connectivity index (χ4n) is 4.20. The van der Waals surface area contributed by atoms with Crippen molar-refractivity contribution in [2.75, 3.05) is 11.1 Å². The first-order valence-electron chi connectivity index (χ1n) is 10.6. The third-order valence-corrected chi connectivity index (χ3v) is 8.41. The van der Waals surface area contributed by atoms with Gasteiger partial charge in [0, 0.05) is 26.5 Å². The Morgan fingerprint density at radius 1 is 1.09 bits per heavy atom. The number of amides is 2. The summed E-state index contributed by atoms with van der Waals surface area (Å²) in [4.78, 5) is 31.5. The number of carbonyl (C=O) groups excluding carboxylic acids is 2. The van der Waals surface area contributed by atoms with E-state index in [1.807, 2.05) is 29.6 Å². The molecule has 3 heterocycles. The summed E-state index contributed by atoms with van der Waals surface area (Å²) in [6, 6.07) is 9.66. The number of thiophene rings is 2. The first kappa shape index (κ1) is 22.1. The number of hydrogen-bond acceptors (Lipinski definition) is 6. The molecule has 0 atom stereocenters. The normalized spacial score (nSPS) is 13.5. The molecule has 2 amide bonds. The molecule has 0 saturated heterocycles. The zero-order valence-corrected chi connectivity index (χ0v) is 20.8. The number of rotatable bonds is 4. The molecule has 0 saturated carbocycles. The van der Waals surface area contributed by atoms with Crippen LogP contribution >= 0.6 is 38.6 Å². The highest BCUT2D eigenvalue weighted by Crippen LogP contribution is 2.39. The number of pyridine rings is 1. The zero-order chi connectivity index (χ0) is 23.1. The van der Waals surface area contributed by atoms with Gasteiger partial charge >= 0.3 is 0 Å². The molecule has 6 nitrogen and oxygen atoms in total. The second-order valence-electron chi connectivity index (χ2n) is 8.03. The number of primary amides is 1. The molecule has 0 aliphatic heterocycles. The number of carbonyl (C=O) groups is 2. The fourth-order valence-corrected chi connectivity index (χ4v) is 6.43. The maximum Gasteiger partial charge on any atom is 0.268 e. The van der Waals surface area contributed by atoms with Crippen LogP contribution < -0.4 is 16.8 Å². The number of aryl methyl sites for hydroxylation is 2. The lowest BCUT2D eigenvalue weighted by atomic mass is 10.0. The average Bonchev–Trinajstić information content (AvgIpc) is 3.25. The number of nitrogens with two attached hydrogens (primary N) is 2. The Morgan fingerprint density at radius 2 is 1.85 bits per heavy atom. The van der Waals surface area contributed by atoms with Gasteiger partial charge in [-0.2, -0.15) is 0 Å². The van der Waals surface area contributed by atoms with Crippen molar-refractivity contribution in [3.63, 3.8) is 0 Å². The highest BCUT2D eigenvalue weighted by molar-refractivity contribution is 9.10. The van der Waals surface area contributed by atoms with Crippen LogP contribution in [-0.2, 0) is 12.8 Å². The SMILES string of the molecule is NC(=O)c1c(-c2ccc(Br)cc2)csc1NC(=O)c1sc2nc3c(cc2c1N)CCCCC3. The van der Waals surface area contributed by atoms with E-state index in [1.54, 1.807) is 0 Å². The predicted octanol–water partition coefficient (Wildman–Crippen LogP) is 5.99. The molecule has 0 bridgehead atoms. The number of anilines is 2. The molecule has 9 heteroatoms. The van der Waals surface area contributed by atoms with Gasteiger partial charge in [-0.15, -0.1) is 22.7 Å². The molecular formula is C24H21BrN4O2S2. The van der Waals surface area contributed by atoms with E-state index in [0.29, 0.717) is 26.7 Å². The standard InChI is InChI=1S/C24H21BrN4O2S2/c25-14-8-6-12(7-9-14)16-11-32-24(18(16)21(27)30)29-22(31)20-19(26)15-10-13-4-2-1-3-5-17(13)28-23(15)33-20/h6-11H,1-5,26H2,(H2,27,30)(H,29,31). The van der Waals surface area contributed by atoms with E-state index in [2.05, 4.69) is 27.3 Å². The Labute approximate surface area is 207 Å². The Kier molecular flexibility index (Phi) is 5.94. The Morgan fingerprint density at radius 3 is 2.61 bits per heavy atom. The Bertz CT molecular complexity index is 1390. The second-order valence-corrected chi connectivity index (χ2v) is 10.8. The summed E-state index contributed by atoms with van der Waals surface area (Å²) in [5.74, 6) is -0.961. The molecule has 33 heavy (non-hydrogen) atoms. The lowest BCUT2D eigenvalue weighted by Crippen LogP contribution is -2.17. The maximum atomic E-state index is 13.2. The largest absolute Gasteiger partial charge is 0.397 e. The molecule has 0 fully saturated rings. The number of hydrogen-bond donors (Lipinski definition) is 3. The van der Waals surface area contributed by atoms with E-state index >= 15 is 0 Å². The third-order valence-electron chi connectivity index (χ3n) is 5.88. The van der Waals surface area contributed by atoms with Crippen LogP contribution in [0.2, 0.25) is 0 Å². The van der Waals surface area contributed by atoms with Crippen molar-refractivity contribution in [1.82, 2.24) is 4.98 Å². The molecule has 0 spiro atoms. The Hall–Kier alpha value is -2.75. The summed E-state index contributed by atoms with van der Waals surface area (Å²) < 4.78 is 0.932. The molecule has 5 N–H and O–H groups in total. The summed E-state index contributed by atoms with van der Waals surface area (Å²) in [5.41, 5.74) is 16.7. The van der Waals surface area contributed by atoms with E-state index in [1.165, 1.54) is 34.7 Å². The number of fused-ring (bicyclic) bond motifs is 2. The van der Waals surface area contributed by atoms with Gasteiger partial charge < -0.3 is 16.8 Å². The van der Waals surface area contributed by atoms with Crippen LogP contribution in [0.5, 0.6) is 0 Å². The molecule has 168 valence electrons. The van der Waals surface area contributed by atoms with Crippen LogP contribution in [0, 0.1) is 0 Å². The maximum absolute atomic E-state index is 13.2. The van der Waals surface area contributed by atoms with Crippen molar-refractivity contribution < 1.29 is 9.59 Å². The smallest absolute Gasteiger partial charge is 0.268 e. The minimum absolute atomic E-state index is 0.292. The number of halogens is 1. The summed E-state index contributed by atoms with van der Waals surface area (Å²) in [7, 11) is 0. The van der Waals surface area contributed by atoms with Gasteiger partial charge in [0.2, 0.25) is 0 Å². The van der Waals surface area contributed by atoms with Gasteiger partial charge in [-0.25, -0.2) is 4.98 Å². The van der Waals surface area contributed by atoms with Gasteiger partial charge in [0.1, 0.15) is 14.7 Å². The van der Waals surface area contributed by atoms with E-state index in [4.69, 9.17) is 16.5 Å². The number of nitrogens with zero attached hydrogens (tertiary/aromatic N) is 1. The molecule has 0 unspecified atom stereocenters. The van der Waals surface area contributed by atoms with Crippen LogP contribution in [0.3, 0.4) is 0 Å². The molecule has 4 aromatic rings. The van der Waals surface area contributed by atoms with Crippen LogP contribution in [0.15, 0.2) is 40.2 Å². The van der Waals surface area contributed by atoms with Gasteiger partial charge in [-0.3, -0.25) is 9.59 Å². The molecule has 3 aromatic heterocycles. The first-order valence-corrected chi connectivity index (χ1v) is 13.1. The summed E-state index contributed by atoms with van der Waals surface area (Å²) in [6.45, 7) is 0. The molecule has 0 radical (unpaired) electrons. The van der Waals surface area contributed by atoms with Gasteiger partial charge in [0.25, 0.3) is 11.8 Å². The van der Waals surface area contributed by atoms with Crippen molar-refractivity contribution in [3.8, 4) is 11.1 Å².